The molecule has 0 amide bonds. The van der Waals surface area contributed by atoms with Crippen molar-refractivity contribution >= 4 is 11.8 Å². The summed E-state index contributed by atoms with van der Waals surface area (Å²) in [6.07, 6.45) is 3.08. The molecule has 4 nitrogen and oxygen atoms in total. The molecule has 0 atom stereocenters. The molecular weight excluding hydrogens is 188 g/mol. The first-order valence-electron chi connectivity index (χ1n) is 4.25. The number of aryl methyl sites for hydroxylation is 1. The van der Waals surface area contributed by atoms with Crippen molar-refractivity contribution in [3.05, 3.63) is 42.4 Å². The lowest BCUT2D eigenvalue weighted by molar-refractivity contribution is 0.976. The van der Waals surface area contributed by atoms with Crippen LogP contribution in [-0.2, 0) is 0 Å². The van der Waals surface area contributed by atoms with Crippen molar-refractivity contribution < 1.29 is 0 Å². The molecule has 0 aliphatic rings. The Bertz CT molecular complexity index is 466. The molecule has 4 heteroatoms. The Labute approximate surface area is 88.3 Å². The maximum absolute atomic E-state index is 8.45. The smallest absolute Gasteiger partial charge is 0.133 e. The van der Waals surface area contributed by atoms with E-state index in [2.05, 4.69) is 28.3 Å². The highest BCUT2D eigenvalue weighted by Gasteiger charge is 1.97. The molecule has 0 saturated heterocycles. The van der Waals surface area contributed by atoms with E-state index in [1.54, 1.807) is 6.20 Å². The largest absolute Gasteiger partial charge is 0.246 e. The molecule has 0 fully saturated rings. The molecule has 0 spiro atoms. The van der Waals surface area contributed by atoms with Crippen LogP contribution in [-0.4, -0.2) is 16.4 Å². The maximum Gasteiger partial charge on any atom is 0.133 e. The zero-order valence-electron chi connectivity index (χ0n) is 8.44. The standard InChI is InChI=1S/C11H10N4/c1-8(6-13-10(3)5-12)11-4-9(2)15-14-7-11/h4,6-7H,1,3H2,2H3/b13-6+. The van der Waals surface area contributed by atoms with E-state index in [0.717, 1.165) is 11.3 Å². The summed E-state index contributed by atoms with van der Waals surface area (Å²) in [4.78, 5) is 3.82. The van der Waals surface area contributed by atoms with Crippen LogP contribution in [0.4, 0.5) is 0 Å². The minimum Gasteiger partial charge on any atom is -0.246 e. The van der Waals surface area contributed by atoms with E-state index in [1.165, 1.54) is 6.21 Å². The van der Waals surface area contributed by atoms with Gasteiger partial charge in [-0.25, -0.2) is 4.99 Å². The molecule has 0 saturated carbocycles. The Kier molecular flexibility index (Phi) is 3.47. The number of allylic oxidation sites excluding steroid dienone is 2. The molecule has 0 aliphatic heterocycles. The number of rotatable bonds is 3. The summed E-state index contributed by atoms with van der Waals surface area (Å²) in [5.74, 6) is 0. The van der Waals surface area contributed by atoms with Gasteiger partial charge in [0.05, 0.1) is 11.9 Å². The zero-order chi connectivity index (χ0) is 11.3. The predicted molar refractivity (Wildman–Crippen MR) is 59.0 cm³/mol. The van der Waals surface area contributed by atoms with E-state index < -0.39 is 0 Å². The van der Waals surface area contributed by atoms with Gasteiger partial charge in [0.1, 0.15) is 11.8 Å². The van der Waals surface area contributed by atoms with Crippen molar-refractivity contribution in [2.45, 2.75) is 6.92 Å². The lowest BCUT2D eigenvalue weighted by atomic mass is 10.1. The van der Waals surface area contributed by atoms with E-state index in [9.17, 15) is 0 Å². The Morgan fingerprint density at radius 1 is 1.60 bits per heavy atom. The Hall–Kier alpha value is -2.28. The Balaban J connectivity index is 2.83. The van der Waals surface area contributed by atoms with Gasteiger partial charge in [0.25, 0.3) is 0 Å². The second-order valence-corrected chi connectivity index (χ2v) is 2.93. The highest BCUT2D eigenvalue weighted by Crippen LogP contribution is 2.09. The summed E-state index contributed by atoms with van der Waals surface area (Å²) in [5.41, 5.74) is 2.46. The van der Waals surface area contributed by atoms with Gasteiger partial charge in [0.2, 0.25) is 0 Å². The van der Waals surface area contributed by atoms with Crippen molar-refractivity contribution in [3.63, 3.8) is 0 Å². The fraction of sp³-hybridized carbons (Fsp3) is 0.0909. The number of aromatic nitrogens is 2. The van der Waals surface area contributed by atoms with E-state index in [-0.39, 0.29) is 5.70 Å². The van der Waals surface area contributed by atoms with Crippen LogP contribution >= 0.6 is 0 Å². The number of hydrogen-bond donors (Lipinski definition) is 0. The third kappa shape index (κ3) is 3.16. The monoisotopic (exact) mass is 198 g/mol. The van der Waals surface area contributed by atoms with Crippen molar-refractivity contribution in [2.24, 2.45) is 4.99 Å². The van der Waals surface area contributed by atoms with E-state index in [1.807, 2.05) is 19.1 Å². The zero-order valence-corrected chi connectivity index (χ0v) is 8.44. The molecule has 1 rings (SSSR count). The first kappa shape index (κ1) is 10.8. The van der Waals surface area contributed by atoms with E-state index in [4.69, 9.17) is 5.26 Å². The van der Waals surface area contributed by atoms with Crippen molar-refractivity contribution in [1.82, 2.24) is 10.2 Å². The molecule has 0 unspecified atom stereocenters. The quantitative estimate of drug-likeness (QED) is 0.550. The number of nitriles is 1. The summed E-state index contributed by atoms with van der Waals surface area (Å²) in [5, 5.41) is 16.1. The van der Waals surface area contributed by atoms with Crippen LogP contribution in [0.2, 0.25) is 0 Å². The number of hydrogen-bond acceptors (Lipinski definition) is 4. The summed E-state index contributed by atoms with van der Waals surface area (Å²) in [7, 11) is 0. The molecule has 0 N–H and O–H groups in total. The molecule has 0 bridgehead atoms. The van der Waals surface area contributed by atoms with Gasteiger partial charge in [-0.2, -0.15) is 15.5 Å². The van der Waals surface area contributed by atoms with Gasteiger partial charge < -0.3 is 0 Å². The highest BCUT2D eigenvalue weighted by molar-refractivity contribution is 6.09. The van der Waals surface area contributed by atoms with Crippen molar-refractivity contribution in [1.29, 1.82) is 5.26 Å². The molecule has 1 aromatic heterocycles. The van der Waals surface area contributed by atoms with Gasteiger partial charge in [-0.3, -0.25) is 0 Å². The first-order chi connectivity index (χ1) is 7.13. The molecular formula is C11H10N4. The fourth-order valence-electron chi connectivity index (χ4n) is 0.908. The van der Waals surface area contributed by atoms with Gasteiger partial charge >= 0.3 is 0 Å². The third-order valence-electron chi connectivity index (χ3n) is 1.65. The van der Waals surface area contributed by atoms with Crippen LogP contribution in [0.1, 0.15) is 11.3 Å². The average Bonchev–Trinajstić information content (AvgIpc) is 2.25. The van der Waals surface area contributed by atoms with Crippen molar-refractivity contribution in [2.75, 3.05) is 0 Å². The summed E-state index contributed by atoms with van der Waals surface area (Å²) < 4.78 is 0. The highest BCUT2D eigenvalue weighted by atomic mass is 15.1. The molecule has 1 aromatic rings. The average molecular weight is 198 g/mol. The normalized spacial score (nSPS) is 9.87. The van der Waals surface area contributed by atoms with E-state index in [0.29, 0.717) is 5.57 Å². The summed E-state index contributed by atoms with van der Waals surface area (Å²) in [6, 6.07) is 3.67. The van der Waals surface area contributed by atoms with E-state index >= 15 is 0 Å². The third-order valence-corrected chi connectivity index (χ3v) is 1.65. The topological polar surface area (TPSA) is 61.9 Å². The molecule has 0 aliphatic carbocycles. The Morgan fingerprint density at radius 3 is 2.93 bits per heavy atom. The molecule has 15 heavy (non-hydrogen) atoms. The van der Waals surface area contributed by atoms with Gasteiger partial charge in [0.15, 0.2) is 0 Å². The maximum atomic E-state index is 8.45. The van der Waals surface area contributed by atoms with Crippen LogP contribution < -0.4 is 0 Å². The first-order valence-corrected chi connectivity index (χ1v) is 4.25. The van der Waals surface area contributed by atoms with Crippen LogP contribution in [0.3, 0.4) is 0 Å². The number of nitrogens with zero attached hydrogens (tertiary/aromatic N) is 4. The SMILES string of the molecule is C=C(C#N)/N=C/C(=C)c1cnnc(C)c1. The fourth-order valence-corrected chi connectivity index (χ4v) is 0.908. The molecule has 0 aromatic carbocycles. The molecule has 1 heterocycles. The predicted octanol–water partition coefficient (Wildman–Crippen LogP) is 1.91. The van der Waals surface area contributed by atoms with Gasteiger partial charge in [-0.15, -0.1) is 0 Å². The van der Waals surface area contributed by atoms with Crippen LogP contribution in [0.25, 0.3) is 5.57 Å². The molecule has 0 radical (unpaired) electrons. The van der Waals surface area contributed by atoms with Gasteiger partial charge in [-0.1, -0.05) is 13.2 Å². The van der Waals surface area contributed by atoms with Crippen LogP contribution in [0, 0.1) is 18.3 Å². The van der Waals surface area contributed by atoms with Crippen LogP contribution in [0.5, 0.6) is 0 Å². The lowest BCUT2D eigenvalue weighted by Crippen LogP contribution is -1.91. The summed E-state index contributed by atoms with van der Waals surface area (Å²) >= 11 is 0. The number of aliphatic imine (C=N–C) groups is 1. The van der Waals surface area contributed by atoms with Crippen molar-refractivity contribution in [3.8, 4) is 6.07 Å². The molecule has 74 valence electrons. The Morgan fingerprint density at radius 2 is 2.33 bits per heavy atom. The minimum atomic E-state index is 0.148. The van der Waals surface area contributed by atoms with Gasteiger partial charge in [-0.05, 0) is 18.6 Å². The van der Waals surface area contributed by atoms with Gasteiger partial charge in [0, 0.05) is 11.8 Å². The minimum absolute atomic E-state index is 0.148. The second kappa shape index (κ2) is 4.82. The summed E-state index contributed by atoms with van der Waals surface area (Å²) in [6.45, 7) is 9.08. The second-order valence-electron chi connectivity index (χ2n) is 2.93. The lowest BCUT2D eigenvalue weighted by Gasteiger charge is -1.98. The van der Waals surface area contributed by atoms with Crippen LogP contribution in [0.15, 0.2) is 36.1 Å².